The van der Waals surface area contributed by atoms with Gasteiger partial charge < -0.3 is 20.1 Å². The molecule has 2 atom stereocenters. The van der Waals surface area contributed by atoms with Crippen LogP contribution in [0.25, 0.3) is 0 Å². The van der Waals surface area contributed by atoms with E-state index < -0.39 is 41.9 Å². The molecule has 2 heterocycles. The van der Waals surface area contributed by atoms with Gasteiger partial charge in [-0.15, -0.1) is 11.3 Å². The van der Waals surface area contributed by atoms with Gasteiger partial charge >= 0.3 is 18.0 Å². The SMILES string of the molecule is CCOC(=O)c1sc(NC(=O)CN2C(=O)N[C@@]3(C[C@H](C)CC(C)(C)C3)C2=O)c(C(=O)OCC)c1C. The third kappa shape index (κ3) is 5.34. The van der Waals surface area contributed by atoms with E-state index in [9.17, 15) is 24.0 Å². The number of thiophene rings is 1. The highest BCUT2D eigenvalue weighted by Crippen LogP contribution is 2.46. The van der Waals surface area contributed by atoms with Crippen LogP contribution < -0.4 is 10.6 Å². The molecule has 1 saturated carbocycles. The molecule has 0 radical (unpaired) electrons. The van der Waals surface area contributed by atoms with Gasteiger partial charge in [0.2, 0.25) is 5.91 Å². The summed E-state index contributed by atoms with van der Waals surface area (Å²) in [6, 6.07) is -0.616. The summed E-state index contributed by atoms with van der Waals surface area (Å²) >= 11 is 0.886. The van der Waals surface area contributed by atoms with Crippen LogP contribution >= 0.6 is 11.3 Å². The molecule has 0 bridgehead atoms. The van der Waals surface area contributed by atoms with Gasteiger partial charge in [-0.3, -0.25) is 14.5 Å². The number of amides is 4. The second-order valence-corrected chi connectivity index (χ2v) is 11.0. The number of esters is 2. The summed E-state index contributed by atoms with van der Waals surface area (Å²) in [6.45, 7) is 10.8. The van der Waals surface area contributed by atoms with Crippen molar-refractivity contribution in [2.24, 2.45) is 11.3 Å². The lowest BCUT2D eigenvalue weighted by Crippen LogP contribution is -2.54. The molecule has 11 heteroatoms. The van der Waals surface area contributed by atoms with Crippen molar-refractivity contribution in [2.45, 2.75) is 66.3 Å². The minimum atomic E-state index is -1.02. The second kappa shape index (κ2) is 9.96. The molecule has 3 rings (SSSR count). The molecule has 1 spiro atoms. The molecule has 1 aromatic rings. The van der Waals surface area contributed by atoms with E-state index in [1.54, 1.807) is 20.8 Å². The summed E-state index contributed by atoms with van der Waals surface area (Å²) in [5, 5.41) is 5.53. The number of nitrogens with one attached hydrogen (secondary N) is 2. The highest BCUT2D eigenvalue weighted by Gasteiger charge is 2.56. The van der Waals surface area contributed by atoms with Gasteiger partial charge in [0, 0.05) is 0 Å². The zero-order valence-corrected chi connectivity index (χ0v) is 21.8. The van der Waals surface area contributed by atoms with Crippen LogP contribution in [-0.2, 0) is 19.1 Å². The van der Waals surface area contributed by atoms with Gasteiger partial charge in [0.25, 0.3) is 5.91 Å². The lowest BCUT2D eigenvalue weighted by Gasteiger charge is -2.43. The summed E-state index contributed by atoms with van der Waals surface area (Å²) in [5.41, 5.74) is -0.782. The van der Waals surface area contributed by atoms with Crippen molar-refractivity contribution in [1.82, 2.24) is 10.2 Å². The molecular formula is C24H33N3O7S. The van der Waals surface area contributed by atoms with E-state index in [0.29, 0.717) is 18.4 Å². The van der Waals surface area contributed by atoms with Crippen LogP contribution in [0.1, 0.15) is 79.5 Å². The van der Waals surface area contributed by atoms with Gasteiger partial charge in [-0.05, 0) is 56.9 Å². The fraction of sp³-hybridized carbons (Fsp3) is 0.625. The Morgan fingerprint density at radius 3 is 2.34 bits per heavy atom. The monoisotopic (exact) mass is 507 g/mol. The predicted molar refractivity (Wildman–Crippen MR) is 129 cm³/mol. The van der Waals surface area contributed by atoms with Crippen LogP contribution in [-0.4, -0.2) is 60.0 Å². The first-order valence-electron chi connectivity index (χ1n) is 11.8. The molecule has 1 saturated heterocycles. The Morgan fingerprint density at radius 2 is 1.74 bits per heavy atom. The third-order valence-corrected chi connectivity index (χ3v) is 7.45. The van der Waals surface area contributed by atoms with Crippen LogP contribution in [0, 0.1) is 18.3 Å². The van der Waals surface area contributed by atoms with Crippen molar-refractivity contribution in [1.29, 1.82) is 0 Å². The fourth-order valence-electron chi connectivity index (χ4n) is 5.40. The molecule has 1 aliphatic heterocycles. The standard InChI is InChI=1S/C24H33N3O7S/c1-7-33-19(29)16-14(4)17(20(30)34-8-2)35-18(16)25-15(28)11-27-21(31)24(26-22(27)32)10-13(3)9-23(5,6)12-24/h13H,7-12H2,1-6H3,(H,25,28)(H,26,32)/t13-,24-/m1/s1. The van der Waals surface area contributed by atoms with E-state index >= 15 is 0 Å². The van der Waals surface area contributed by atoms with Crippen LogP contribution in [0.15, 0.2) is 0 Å². The van der Waals surface area contributed by atoms with Crippen molar-refractivity contribution in [3.8, 4) is 0 Å². The third-order valence-electron chi connectivity index (χ3n) is 6.27. The minimum Gasteiger partial charge on any atom is -0.462 e. The van der Waals surface area contributed by atoms with E-state index in [1.807, 2.05) is 0 Å². The number of carbonyl (C=O) groups excluding carboxylic acids is 5. The molecule has 10 nitrogen and oxygen atoms in total. The summed E-state index contributed by atoms with van der Waals surface area (Å²) in [4.78, 5) is 64.9. The smallest absolute Gasteiger partial charge is 0.348 e. The van der Waals surface area contributed by atoms with Crippen molar-refractivity contribution < 1.29 is 33.4 Å². The minimum absolute atomic E-state index is 0.0461. The molecule has 2 aliphatic rings. The van der Waals surface area contributed by atoms with Gasteiger partial charge in [0.1, 0.15) is 22.0 Å². The van der Waals surface area contributed by atoms with Gasteiger partial charge in [-0.2, -0.15) is 0 Å². The average molecular weight is 508 g/mol. The number of carbonyl (C=O) groups is 5. The largest absolute Gasteiger partial charge is 0.462 e. The Labute approximate surface area is 208 Å². The summed E-state index contributed by atoms with van der Waals surface area (Å²) in [6.07, 6.45) is 1.95. The lowest BCUT2D eigenvalue weighted by molar-refractivity contribution is -0.136. The molecule has 1 aromatic heterocycles. The molecule has 1 aliphatic carbocycles. The van der Waals surface area contributed by atoms with E-state index in [1.165, 1.54) is 0 Å². The van der Waals surface area contributed by atoms with E-state index in [4.69, 9.17) is 9.47 Å². The fourth-order valence-corrected chi connectivity index (χ4v) is 6.51. The average Bonchev–Trinajstić information content (AvgIpc) is 3.15. The zero-order chi connectivity index (χ0) is 26.1. The molecule has 2 N–H and O–H groups in total. The molecule has 4 amide bonds. The number of hydrogen-bond donors (Lipinski definition) is 2. The van der Waals surface area contributed by atoms with Gasteiger partial charge in [0.05, 0.1) is 18.8 Å². The summed E-state index contributed by atoms with van der Waals surface area (Å²) in [5.74, 6) is -2.17. The maximum atomic E-state index is 13.3. The van der Waals surface area contributed by atoms with Crippen LogP contribution in [0.5, 0.6) is 0 Å². The Bertz CT molecular complexity index is 1060. The Balaban J connectivity index is 1.82. The van der Waals surface area contributed by atoms with Gasteiger partial charge in [-0.1, -0.05) is 20.8 Å². The van der Waals surface area contributed by atoms with E-state index in [-0.39, 0.29) is 40.0 Å². The van der Waals surface area contributed by atoms with Crippen molar-refractivity contribution in [3.05, 3.63) is 16.0 Å². The van der Waals surface area contributed by atoms with Crippen LogP contribution in [0.4, 0.5) is 9.80 Å². The molecular weight excluding hydrogens is 474 g/mol. The molecule has 35 heavy (non-hydrogen) atoms. The Kier molecular flexibility index (Phi) is 7.59. The number of anilines is 1. The highest BCUT2D eigenvalue weighted by atomic mass is 32.1. The number of hydrogen-bond acceptors (Lipinski definition) is 8. The van der Waals surface area contributed by atoms with Crippen LogP contribution in [0.3, 0.4) is 0 Å². The Morgan fingerprint density at radius 1 is 1.11 bits per heavy atom. The van der Waals surface area contributed by atoms with Crippen molar-refractivity contribution >= 4 is 46.1 Å². The number of ether oxygens (including phenoxy) is 2. The molecule has 192 valence electrons. The number of urea groups is 1. The van der Waals surface area contributed by atoms with E-state index in [2.05, 4.69) is 31.4 Å². The normalized spacial score (nSPS) is 23.3. The predicted octanol–water partition coefficient (Wildman–Crippen LogP) is 3.49. The molecule has 0 aromatic carbocycles. The van der Waals surface area contributed by atoms with E-state index in [0.717, 1.165) is 22.7 Å². The first-order chi connectivity index (χ1) is 16.3. The second-order valence-electron chi connectivity index (χ2n) is 10.0. The summed E-state index contributed by atoms with van der Waals surface area (Å²) in [7, 11) is 0. The quantitative estimate of drug-likeness (QED) is 0.427. The number of imide groups is 1. The first-order valence-corrected chi connectivity index (χ1v) is 12.6. The molecule has 2 fully saturated rings. The topological polar surface area (TPSA) is 131 Å². The Hall–Kier alpha value is -2.95. The van der Waals surface area contributed by atoms with Crippen LogP contribution in [0.2, 0.25) is 0 Å². The summed E-state index contributed by atoms with van der Waals surface area (Å²) < 4.78 is 10.1. The maximum Gasteiger partial charge on any atom is 0.348 e. The zero-order valence-electron chi connectivity index (χ0n) is 21.0. The van der Waals surface area contributed by atoms with Crippen molar-refractivity contribution in [3.63, 3.8) is 0 Å². The molecule has 0 unspecified atom stereocenters. The number of rotatable bonds is 7. The maximum absolute atomic E-state index is 13.3. The number of nitrogens with zero attached hydrogens (tertiary/aromatic N) is 1. The van der Waals surface area contributed by atoms with Crippen molar-refractivity contribution in [2.75, 3.05) is 25.1 Å². The lowest BCUT2D eigenvalue weighted by atomic mass is 9.64. The highest BCUT2D eigenvalue weighted by molar-refractivity contribution is 7.18. The van der Waals surface area contributed by atoms with Gasteiger partial charge in [0.15, 0.2) is 0 Å². The first kappa shape index (κ1) is 26.7. The van der Waals surface area contributed by atoms with Gasteiger partial charge in [-0.25, -0.2) is 14.4 Å².